The quantitative estimate of drug-likeness (QED) is 0.787. The van der Waals surface area contributed by atoms with Gasteiger partial charge in [-0.2, -0.15) is 0 Å². The van der Waals surface area contributed by atoms with Gasteiger partial charge in [0.1, 0.15) is 5.82 Å². The highest BCUT2D eigenvalue weighted by molar-refractivity contribution is 5.79. The first kappa shape index (κ1) is 19.6. The van der Waals surface area contributed by atoms with Crippen molar-refractivity contribution in [2.75, 3.05) is 38.2 Å². The van der Waals surface area contributed by atoms with Crippen LogP contribution >= 0.6 is 0 Å². The van der Waals surface area contributed by atoms with Gasteiger partial charge in [0, 0.05) is 51.3 Å². The maximum absolute atomic E-state index is 12.9. The maximum atomic E-state index is 12.9. The largest absolute Gasteiger partial charge is 0.469 e. The Balaban J connectivity index is 1.45. The molecule has 148 valence electrons. The first-order chi connectivity index (χ1) is 13.1. The molecule has 0 aliphatic carbocycles. The van der Waals surface area contributed by atoms with Crippen LogP contribution in [0.3, 0.4) is 0 Å². The number of nitrogens with two attached hydrogens (primary N) is 1. The molecule has 2 N–H and O–H groups in total. The number of hydrogen-bond donors (Lipinski definition) is 1. The summed E-state index contributed by atoms with van der Waals surface area (Å²) in [5.74, 6) is 1.52. The fraction of sp³-hybridized carbons (Fsp3) is 0.650. The second kappa shape index (κ2) is 9.17. The minimum atomic E-state index is -0.153. The zero-order valence-corrected chi connectivity index (χ0v) is 16.1. The lowest BCUT2D eigenvalue weighted by Crippen LogP contribution is -2.45. The number of carbonyl (C=O) groups excluding carboxylic acids is 2. The Kier molecular flexibility index (Phi) is 6.66. The molecule has 1 aromatic rings. The molecule has 0 atom stereocenters. The number of anilines is 1. The van der Waals surface area contributed by atoms with E-state index < -0.39 is 0 Å². The molecule has 0 radical (unpaired) electrons. The average molecular weight is 374 g/mol. The number of nitrogens with zero attached hydrogens (tertiary/aromatic N) is 3. The third-order valence-electron chi connectivity index (χ3n) is 5.82. The van der Waals surface area contributed by atoms with E-state index in [0.29, 0.717) is 18.9 Å². The van der Waals surface area contributed by atoms with Crippen LogP contribution in [0, 0.1) is 11.8 Å². The predicted octanol–water partition coefficient (Wildman–Crippen LogP) is 1.56. The van der Waals surface area contributed by atoms with E-state index in [4.69, 9.17) is 10.5 Å². The maximum Gasteiger partial charge on any atom is 0.305 e. The number of hydrogen-bond acceptors (Lipinski definition) is 6. The molecular formula is C20H30N4O3. The summed E-state index contributed by atoms with van der Waals surface area (Å²) in [7, 11) is 1.43. The van der Waals surface area contributed by atoms with Crippen LogP contribution in [0.1, 0.15) is 37.7 Å². The van der Waals surface area contributed by atoms with Gasteiger partial charge in [-0.05, 0) is 43.2 Å². The summed E-state index contributed by atoms with van der Waals surface area (Å²) in [5.41, 5.74) is 6.65. The van der Waals surface area contributed by atoms with Gasteiger partial charge in [0.2, 0.25) is 5.91 Å². The van der Waals surface area contributed by atoms with E-state index in [2.05, 4.69) is 9.88 Å². The summed E-state index contributed by atoms with van der Waals surface area (Å²) in [5, 5.41) is 0. The third-order valence-corrected chi connectivity index (χ3v) is 5.82. The van der Waals surface area contributed by atoms with Crippen LogP contribution in [0.15, 0.2) is 18.3 Å². The molecule has 2 aliphatic heterocycles. The van der Waals surface area contributed by atoms with Crippen LogP contribution in [-0.4, -0.2) is 55.0 Å². The highest BCUT2D eigenvalue weighted by Crippen LogP contribution is 2.27. The molecule has 2 saturated heterocycles. The van der Waals surface area contributed by atoms with E-state index in [9.17, 15) is 9.59 Å². The summed E-state index contributed by atoms with van der Waals surface area (Å²) >= 11 is 0. The number of carbonyl (C=O) groups is 2. The summed E-state index contributed by atoms with van der Waals surface area (Å²) in [6.07, 6.45) is 5.79. The Bertz CT molecular complexity index is 633. The van der Waals surface area contributed by atoms with Crippen molar-refractivity contribution in [1.29, 1.82) is 0 Å². The molecule has 3 heterocycles. The summed E-state index contributed by atoms with van der Waals surface area (Å²) in [6.45, 7) is 3.71. The Morgan fingerprint density at radius 1 is 1.15 bits per heavy atom. The van der Waals surface area contributed by atoms with Gasteiger partial charge >= 0.3 is 5.97 Å². The molecule has 0 bridgehead atoms. The van der Waals surface area contributed by atoms with Gasteiger partial charge in [-0.3, -0.25) is 9.59 Å². The fourth-order valence-electron chi connectivity index (χ4n) is 4.01. The Morgan fingerprint density at radius 2 is 1.85 bits per heavy atom. The second-order valence-corrected chi connectivity index (χ2v) is 7.54. The molecule has 7 heteroatoms. The number of pyridine rings is 1. The molecule has 0 unspecified atom stereocenters. The zero-order chi connectivity index (χ0) is 19.2. The molecule has 0 spiro atoms. The molecule has 2 fully saturated rings. The van der Waals surface area contributed by atoms with Gasteiger partial charge in [-0.15, -0.1) is 0 Å². The first-order valence-electron chi connectivity index (χ1n) is 9.86. The van der Waals surface area contributed by atoms with Crippen molar-refractivity contribution in [3.8, 4) is 0 Å². The summed E-state index contributed by atoms with van der Waals surface area (Å²) in [4.78, 5) is 33.0. The van der Waals surface area contributed by atoms with E-state index in [-0.39, 0.29) is 17.8 Å². The van der Waals surface area contributed by atoms with Gasteiger partial charge < -0.3 is 20.3 Å². The second-order valence-electron chi connectivity index (χ2n) is 7.54. The smallest absolute Gasteiger partial charge is 0.305 e. The molecule has 1 aromatic heterocycles. The number of aromatic nitrogens is 1. The molecule has 3 rings (SSSR count). The van der Waals surface area contributed by atoms with Gasteiger partial charge in [0.15, 0.2) is 0 Å². The van der Waals surface area contributed by atoms with Crippen LogP contribution < -0.4 is 10.6 Å². The number of methoxy groups -OCH3 is 1. The Morgan fingerprint density at radius 3 is 2.41 bits per heavy atom. The molecule has 2 aliphatic rings. The number of rotatable bonds is 5. The van der Waals surface area contributed by atoms with Crippen molar-refractivity contribution in [3.05, 3.63) is 23.9 Å². The lowest BCUT2D eigenvalue weighted by molar-refractivity contribution is -0.142. The predicted molar refractivity (Wildman–Crippen MR) is 103 cm³/mol. The van der Waals surface area contributed by atoms with Crippen molar-refractivity contribution in [1.82, 2.24) is 9.88 Å². The number of esters is 1. The molecular weight excluding hydrogens is 344 g/mol. The fourth-order valence-corrected chi connectivity index (χ4v) is 4.01. The number of piperidine rings is 2. The van der Waals surface area contributed by atoms with Gasteiger partial charge in [-0.1, -0.05) is 6.07 Å². The van der Waals surface area contributed by atoms with Crippen molar-refractivity contribution in [2.45, 2.75) is 38.6 Å². The average Bonchev–Trinajstić information content (AvgIpc) is 2.74. The summed E-state index contributed by atoms with van der Waals surface area (Å²) in [6, 6.07) is 4.02. The van der Waals surface area contributed by atoms with Crippen LogP contribution in [0.5, 0.6) is 0 Å². The number of amides is 1. The highest BCUT2D eigenvalue weighted by atomic mass is 16.5. The molecule has 0 saturated carbocycles. The first-order valence-corrected chi connectivity index (χ1v) is 9.86. The van der Waals surface area contributed by atoms with Crippen LogP contribution in [0.2, 0.25) is 0 Å². The van der Waals surface area contributed by atoms with E-state index in [1.165, 1.54) is 7.11 Å². The molecule has 27 heavy (non-hydrogen) atoms. The monoisotopic (exact) mass is 374 g/mol. The standard InChI is InChI=1S/C20H30N4O3/c1-27-19(25)12-15-4-8-24(9-5-15)20(26)17-6-10-23(11-7-17)18-3-2-16(13-21)14-22-18/h2-3,14-15,17H,4-13,21H2,1H3. The Hall–Kier alpha value is -2.15. The third kappa shape index (κ3) is 4.97. The van der Waals surface area contributed by atoms with Crippen molar-refractivity contribution >= 4 is 17.7 Å². The molecule has 0 aromatic carbocycles. The van der Waals surface area contributed by atoms with Gasteiger partial charge in [-0.25, -0.2) is 4.98 Å². The minimum Gasteiger partial charge on any atom is -0.469 e. The molecule has 1 amide bonds. The molecule has 7 nitrogen and oxygen atoms in total. The van der Waals surface area contributed by atoms with Crippen molar-refractivity contribution < 1.29 is 14.3 Å². The van der Waals surface area contributed by atoms with Crippen LogP contribution in [-0.2, 0) is 20.9 Å². The van der Waals surface area contributed by atoms with Crippen LogP contribution in [0.4, 0.5) is 5.82 Å². The van der Waals surface area contributed by atoms with Gasteiger partial charge in [0.25, 0.3) is 0 Å². The van der Waals surface area contributed by atoms with Crippen molar-refractivity contribution in [3.63, 3.8) is 0 Å². The van der Waals surface area contributed by atoms with E-state index in [1.807, 2.05) is 23.2 Å². The van der Waals surface area contributed by atoms with Crippen molar-refractivity contribution in [2.24, 2.45) is 17.6 Å². The van der Waals surface area contributed by atoms with E-state index >= 15 is 0 Å². The van der Waals surface area contributed by atoms with Gasteiger partial charge in [0.05, 0.1) is 7.11 Å². The van der Waals surface area contributed by atoms with Crippen LogP contribution in [0.25, 0.3) is 0 Å². The normalized spacial score (nSPS) is 19.2. The topological polar surface area (TPSA) is 88.8 Å². The lowest BCUT2D eigenvalue weighted by atomic mass is 9.90. The lowest BCUT2D eigenvalue weighted by Gasteiger charge is -2.37. The Labute approximate surface area is 160 Å². The summed E-state index contributed by atoms with van der Waals surface area (Å²) < 4.78 is 4.75. The van der Waals surface area contributed by atoms with E-state index in [1.54, 1.807) is 0 Å². The zero-order valence-electron chi connectivity index (χ0n) is 16.1. The minimum absolute atomic E-state index is 0.0988. The number of likely N-dealkylation sites (tertiary alicyclic amines) is 1. The highest BCUT2D eigenvalue weighted by Gasteiger charge is 2.31. The SMILES string of the molecule is COC(=O)CC1CCN(C(=O)C2CCN(c3ccc(CN)cn3)CC2)CC1. The van der Waals surface area contributed by atoms with E-state index in [0.717, 1.165) is 63.2 Å². The number of ether oxygens (including phenoxy) is 1.